The molecule has 19 heavy (non-hydrogen) atoms. The maximum atomic E-state index is 11.9. The van der Waals surface area contributed by atoms with Crippen LogP contribution < -0.4 is 4.90 Å². The summed E-state index contributed by atoms with van der Waals surface area (Å²) in [5, 5.41) is 4.30. The fourth-order valence-electron chi connectivity index (χ4n) is 2.25. The van der Waals surface area contributed by atoms with Crippen LogP contribution in [-0.4, -0.2) is 32.6 Å². The van der Waals surface area contributed by atoms with E-state index in [4.69, 9.17) is 11.6 Å². The van der Waals surface area contributed by atoms with Gasteiger partial charge in [0, 0.05) is 44.0 Å². The Morgan fingerprint density at radius 3 is 2.95 bits per heavy atom. The van der Waals surface area contributed by atoms with E-state index in [1.807, 2.05) is 25.2 Å². The van der Waals surface area contributed by atoms with Crippen LogP contribution in [-0.2, 0) is 11.8 Å². The van der Waals surface area contributed by atoms with Crippen molar-refractivity contribution in [2.75, 3.05) is 11.4 Å². The Bertz CT molecular complexity index is 610. The van der Waals surface area contributed by atoms with E-state index in [1.54, 1.807) is 22.0 Å². The first-order valence-electron chi connectivity index (χ1n) is 6.04. The van der Waals surface area contributed by atoms with Crippen molar-refractivity contribution < 1.29 is 4.79 Å². The van der Waals surface area contributed by atoms with E-state index in [2.05, 4.69) is 10.1 Å². The zero-order valence-electron chi connectivity index (χ0n) is 10.5. The number of nitrogens with zero attached hydrogens (tertiary/aromatic N) is 4. The van der Waals surface area contributed by atoms with Crippen LogP contribution in [0.1, 0.15) is 6.42 Å². The number of aromatic nitrogens is 3. The monoisotopic (exact) mass is 276 g/mol. The van der Waals surface area contributed by atoms with Gasteiger partial charge in [0.25, 0.3) is 0 Å². The van der Waals surface area contributed by atoms with Gasteiger partial charge in [-0.2, -0.15) is 5.10 Å². The second kappa shape index (κ2) is 4.66. The Kier molecular flexibility index (Phi) is 2.98. The molecule has 1 amide bonds. The number of halogens is 1. The number of anilines is 1. The molecular formula is C13H13ClN4O. The Morgan fingerprint density at radius 2 is 2.32 bits per heavy atom. The SMILES string of the molecule is Cn1nc(-c2cccnc2)cc1N1CC(Cl)CC1=O. The summed E-state index contributed by atoms with van der Waals surface area (Å²) in [6.07, 6.45) is 3.85. The number of rotatable bonds is 2. The molecule has 1 aliphatic heterocycles. The van der Waals surface area contributed by atoms with Gasteiger partial charge in [0.1, 0.15) is 5.82 Å². The summed E-state index contributed by atoms with van der Waals surface area (Å²) in [6, 6.07) is 5.69. The molecule has 5 nitrogen and oxygen atoms in total. The first-order chi connectivity index (χ1) is 9.15. The lowest BCUT2D eigenvalue weighted by atomic mass is 10.2. The van der Waals surface area contributed by atoms with Gasteiger partial charge in [-0.1, -0.05) is 0 Å². The molecule has 1 fully saturated rings. The first kappa shape index (κ1) is 12.2. The zero-order chi connectivity index (χ0) is 13.4. The molecule has 0 aromatic carbocycles. The van der Waals surface area contributed by atoms with Crippen LogP contribution in [0.15, 0.2) is 30.6 Å². The molecule has 0 N–H and O–H groups in total. The van der Waals surface area contributed by atoms with Gasteiger partial charge in [0.05, 0.1) is 11.1 Å². The second-order valence-electron chi connectivity index (χ2n) is 4.56. The van der Waals surface area contributed by atoms with Crippen LogP contribution in [0.2, 0.25) is 0 Å². The predicted molar refractivity (Wildman–Crippen MR) is 73.1 cm³/mol. The number of aryl methyl sites for hydroxylation is 1. The van der Waals surface area contributed by atoms with Gasteiger partial charge in [-0.15, -0.1) is 11.6 Å². The smallest absolute Gasteiger partial charge is 0.229 e. The molecule has 3 rings (SSSR count). The van der Waals surface area contributed by atoms with Crippen molar-refractivity contribution in [1.82, 2.24) is 14.8 Å². The Hall–Kier alpha value is -1.88. The summed E-state index contributed by atoms with van der Waals surface area (Å²) < 4.78 is 1.70. The highest BCUT2D eigenvalue weighted by atomic mass is 35.5. The van der Waals surface area contributed by atoms with Crippen LogP contribution in [0.4, 0.5) is 5.82 Å². The molecule has 1 saturated heterocycles. The van der Waals surface area contributed by atoms with Gasteiger partial charge < -0.3 is 0 Å². The fourth-order valence-corrected chi connectivity index (χ4v) is 2.52. The molecule has 1 unspecified atom stereocenters. The van der Waals surface area contributed by atoms with Gasteiger partial charge in [-0.3, -0.25) is 19.4 Å². The van der Waals surface area contributed by atoms with E-state index in [1.165, 1.54) is 0 Å². The zero-order valence-corrected chi connectivity index (χ0v) is 11.2. The lowest BCUT2D eigenvalue weighted by molar-refractivity contribution is -0.117. The Labute approximate surface area is 115 Å². The normalized spacial score (nSPS) is 19.2. The molecule has 0 aliphatic carbocycles. The minimum Gasteiger partial charge on any atom is -0.295 e. The highest BCUT2D eigenvalue weighted by Crippen LogP contribution is 2.27. The number of pyridine rings is 1. The molecule has 0 bridgehead atoms. The highest BCUT2D eigenvalue weighted by Gasteiger charge is 2.31. The van der Waals surface area contributed by atoms with Crippen molar-refractivity contribution >= 4 is 23.3 Å². The molecule has 98 valence electrons. The molecule has 0 spiro atoms. The molecule has 2 aromatic rings. The lowest BCUT2D eigenvalue weighted by Gasteiger charge is -2.14. The number of hydrogen-bond acceptors (Lipinski definition) is 3. The maximum Gasteiger partial charge on any atom is 0.229 e. The third-order valence-electron chi connectivity index (χ3n) is 3.17. The fraction of sp³-hybridized carbons (Fsp3) is 0.308. The minimum atomic E-state index is -0.121. The molecule has 1 atom stereocenters. The molecular weight excluding hydrogens is 264 g/mol. The van der Waals surface area contributed by atoms with E-state index in [0.717, 1.165) is 17.1 Å². The van der Waals surface area contributed by atoms with Gasteiger partial charge >= 0.3 is 0 Å². The second-order valence-corrected chi connectivity index (χ2v) is 5.18. The molecule has 0 saturated carbocycles. The average molecular weight is 277 g/mol. The molecule has 2 aromatic heterocycles. The molecule has 1 aliphatic rings. The first-order valence-corrected chi connectivity index (χ1v) is 6.47. The number of carbonyl (C=O) groups excluding carboxylic acids is 1. The van der Waals surface area contributed by atoms with Crippen LogP contribution >= 0.6 is 11.6 Å². The van der Waals surface area contributed by atoms with Gasteiger partial charge in [-0.25, -0.2) is 0 Å². The van der Waals surface area contributed by atoms with Crippen LogP contribution in [0, 0.1) is 0 Å². The summed E-state index contributed by atoms with van der Waals surface area (Å²) >= 11 is 6.03. The Balaban J connectivity index is 1.96. The van der Waals surface area contributed by atoms with Crippen LogP contribution in [0.25, 0.3) is 11.3 Å². The summed E-state index contributed by atoms with van der Waals surface area (Å²) in [5.74, 6) is 0.813. The summed E-state index contributed by atoms with van der Waals surface area (Å²) in [6.45, 7) is 0.534. The number of hydrogen-bond donors (Lipinski definition) is 0. The Morgan fingerprint density at radius 1 is 1.47 bits per heavy atom. The topological polar surface area (TPSA) is 51.0 Å². The van der Waals surface area contributed by atoms with Gasteiger partial charge in [0.15, 0.2) is 0 Å². The van der Waals surface area contributed by atoms with Crippen molar-refractivity contribution in [2.45, 2.75) is 11.8 Å². The van der Waals surface area contributed by atoms with Gasteiger partial charge in [-0.05, 0) is 12.1 Å². The van der Waals surface area contributed by atoms with Crippen molar-refractivity contribution in [1.29, 1.82) is 0 Å². The van der Waals surface area contributed by atoms with E-state index in [-0.39, 0.29) is 11.3 Å². The highest BCUT2D eigenvalue weighted by molar-refractivity contribution is 6.24. The lowest BCUT2D eigenvalue weighted by Crippen LogP contribution is -2.26. The standard InChI is InChI=1S/C13H13ClN4O/c1-17-12(18-8-10(14)5-13(18)19)6-11(16-17)9-3-2-4-15-7-9/h2-4,6-7,10H,5,8H2,1H3. The van der Waals surface area contributed by atoms with E-state index < -0.39 is 0 Å². The summed E-state index contributed by atoms with van der Waals surface area (Å²) in [5.41, 5.74) is 1.73. The maximum absolute atomic E-state index is 11.9. The van der Waals surface area contributed by atoms with Crippen molar-refractivity contribution in [3.63, 3.8) is 0 Å². The average Bonchev–Trinajstić information content (AvgIpc) is 2.93. The summed E-state index contributed by atoms with van der Waals surface area (Å²) in [4.78, 5) is 17.6. The van der Waals surface area contributed by atoms with E-state index in [9.17, 15) is 4.79 Å². The van der Waals surface area contributed by atoms with Crippen LogP contribution in [0.5, 0.6) is 0 Å². The number of amides is 1. The molecule has 6 heteroatoms. The molecule has 0 radical (unpaired) electrons. The minimum absolute atomic E-state index is 0.0423. The van der Waals surface area contributed by atoms with Crippen molar-refractivity contribution in [2.24, 2.45) is 7.05 Å². The van der Waals surface area contributed by atoms with E-state index in [0.29, 0.717) is 13.0 Å². The third kappa shape index (κ3) is 2.21. The third-order valence-corrected chi connectivity index (χ3v) is 3.46. The predicted octanol–water partition coefficient (Wildman–Crippen LogP) is 1.83. The number of alkyl halides is 1. The summed E-state index contributed by atoms with van der Waals surface area (Å²) in [7, 11) is 1.82. The quantitative estimate of drug-likeness (QED) is 0.786. The number of carbonyl (C=O) groups is 1. The largest absolute Gasteiger partial charge is 0.295 e. The van der Waals surface area contributed by atoms with Gasteiger partial charge in [0.2, 0.25) is 5.91 Å². The van der Waals surface area contributed by atoms with Crippen molar-refractivity contribution in [3.05, 3.63) is 30.6 Å². The van der Waals surface area contributed by atoms with Crippen molar-refractivity contribution in [3.8, 4) is 11.3 Å². The van der Waals surface area contributed by atoms with E-state index >= 15 is 0 Å². The van der Waals surface area contributed by atoms with Crippen LogP contribution in [0.3, 0.4) is 0 Å². The molecule has 3 heterocycles.